The Morgan fingerprint density at radius 1 is 1.08 bits per heavy atom. The lowest BCUT2D eigenvalue weighted by Crippen LogP contribution is -2.25. The number of nitrogens with one attached hydrogen (secondary N) is 1. The van der Waals surface area contributed by atoms with Crippen LogP contribution in [0.25, 0.3) is 0 Å². The van der Waals surface area contributed by atoms with Crippen LogP contribution in [0.1, 0.15) is 16.8 Å². The zero-order chi connectivity index (χ0) is 17.3. The van der Waals surface area contributed by atoms with Gasteiger partial charge in [-0.2, -0.15) is 0 Å². The Balaban J connectivity index is 1.86. The predicted molar refractivity (Wildman–Crippen MR) is 96.6 cm³/mol. The molecule has 0 aliphatic carbocycles. The molecule has 1 N–H and O–H groups in total. The van der Waals surface area contributed by atoms with Gasteiger partial charge in [-0.1, -0.05) is 23.2 Å². The molecular weight excluding hydrogens is 371 g/mol. The van der Waals surface area contributed by atoms with Crippen LogP contribution in [0.15, 0.2) is 42.5 Å². The van der Waals surface area contributed by atoms with Crippen molar-refractivity contribution >= 4 is 50.5 Å². The number of benzene rings is 2. The van der Waals surface area contributed by atoms with E-state index in [9.17, 15) is 13.2 Å². The number of carbonyl (C=O) groups is 1. The molecule has 1 aliphatic rings. The maximum atomic E-state index is 12.3. The van der Waals surface area contributed by atoms with Crippen molar-refractivity contribution in [1.29, 1.82) is 0 Å². The maximum absolute atomic E-state index is 12.3. The van der Waals surface area contributed by atoms with Crippen molar-refractivity contribution in [1.82, 2.24) is 0 Å². The third-order valence-electron chi connectivity index (χ3n) is 3.68. The largest absolute Gasteiger partial charge is 0.322 e. The highest BCUT2D eigenvalue weighted by molar-refractivity contribution is 7.93. The molecule has 0 atom stereocenters. The lowest BCUT2D eigenvalue weighted by atomic mass is 10.2. The molecule has 0 unspecified atom stereocenters. The van der Waals surface area contributed by atoms with Gasteiger partial charge in [-0.3, -0.25) is 9.10 Å². The summed E-state index contributed by atoms with van der Waals surface area (Å²) in [5.41, 5.74) is 1.30. The van der Waals surface area contributed by atoms with E-state index in [1.54, 1.807) is 42.5 Å². The Morgan fingerprint density at radius 2 is 1.79 bits per heavy atom. The summed E-state index contributed by atoms with van der Waals surface area (Å²) >= 11 is 11.9. The Bertz CT molecular complexity index is 883. The monoisotopic (exact) mass is 384 g/mol. The Morgan fingerprint density at radius 3 is 2.42 bits per heavy atom. The first kappa shape index (κ1) is 17.1. The Labute approximate surface area is 150 Å². The number of halogens is 2. The molecule has 0 radical (unpaired) electrons. The number of rotatable bonds is 3. The van der Waals surface area contributed by atoms with Gasteiger partial charge in [0.1, 0.15) is 0 Å². The standard InChI is InChI=1S/C16H14Cl2N2O3S/c17-12-4-2-11(3-5-12)16(21)19-13-6-7-14(18)15(10-13)20-8-1-9-24(20,22)23/h2-7,10H,1,8-9H2,(H,19,21). The van der Waals surface area contributed by atoms with Crippen molar-refractivity contribution < 1.29 is 13.2 Å². The molecule has 1 fully saturated rings. The third kappa shape index (κ3) is 3.50. The Hall–Kier alpha value is -1.76. The van der Waals surface area contributed by atoms with Crippen LogP contribution in [0.3, 0.4) is 0 Å². The molecule has 0 bridgehead atoms. The molecular formula is C16H14Cl2N2O3S. The van der Waals surface area contributed by atoms with Crippen LogP contribution in [0.5, 0.6) is 0 Å². The minimum Gasteiger partial charge on any atom is -0.322 e. The smallest absolute Gasteiger partial charge is 0.255 e. The maximum Gasteiger partial charge on any atom is 0.255 e. The molecule has 5 nitrogen and oxygen atoms in total. The van der Waals surface area contributed by atoms with Crippen LogP contribution in [-0.2, 0) is 10.0 Å². The number of anilines is 2. The summed E-state index contributed by atoms with van der Waals surface area (Å²) in [5, 5.41) is 3.60. The molecule has 2 aromatic carbocycles. The zero-order valence-electron chi connectivity index (χ0n) is 12.5. The van der Waals surface area contributed by atoms with Crippen molar-refractivity contribution in [3.63, 3.8) is 0 Å². The minimum absolute atomic E-state index is 0.102. The fourth-order valence-corrected chi connectivity index (χ4v) is 4.46. The van der Waals surface area contributed by atoms with Crippen LogP contribution in [0, 0.1) is 0 Å². The van der Waals surface area contributed by atoms with E-state index in [2.05, 4.69) is 5.32 Å². The summed E-state index contributed by atoms with van der Waals surface area (Å²) in [5.74, 6) is -0.214. The number of hydrogen-bond donors (Lipinski definition) is 1. The number of amides is 1. The van der Waals surface area contributed by atoms with Crippen LogP contribution < -0.4 is 9.62 Å². The number of nitrogens with zero attached hydrogens (tertiary/aromatic N) is 1. The average molecular weight is 385 g/mol. The second-order valence-corrected chi connectivity index (χ2v) is 8.23. The first-order valence-corrected chi connectivity index (χ1v) is 9.60. The van der Waals surface area contributed by atoms with Gasteiger partial charge in [-0.05, 0) is 48.9 Å². The Kier molecular flexibility index (Phi) is 4.71. The van der Waals surface area contributed by atoms with E-state index in [1.807, 2.05) is 0 Å². The van der Waals surface area contributed by atoms with Gasteiger partial charge >= 0.3 is 0 Å². The van der Waals surface area contributed by atoms with Gasteiger partial charge < -0.3 is 5.32 Å². The van der Waals surface area contributed by atoms with E-state index < -0.39 is 10.0 Å². The number of hydrogen-bond acceptors (Lipinski definition) is 3. The molecule has 8 heteroatoms. The fraction of sp³-hybridized carbons (Fsp3) is 0.188. The summed E-state index contributed by atoms with van der Waals surface area (Å²) in [6.45, 7) is 0.386. The highest BCUT2D eigenvalue weighted by Gasteiger charge is 2.30. The van der Waals surface area contributed by atoms with Crippen molar-refractivity contribution in [2.75, 3.05) is 21.9 Å². The van der Waals surface area contributed by atoms with Crippen LogP contribution in [0.4, 0.5) is 11.4 Å². The molecule has 2 aromatic rings. The molecule has 1 heterocycles. The van der Waals surface area contributed by atoms with Crippen LogP contribution >= 0.6 is 23.2 Å². The molecule has 126 valence electrons. The summed E-state index contributed by atoms with van der Waals surface area (Å²) in [4.78, 5) is 12.3. The van der Waals surface area contributed by atoms with E-state index in [-0.39, 0.29) is 11.7 Å². The van der Waals surface area contributed by atoms with E-state index in [4.69, 9.17) is 23.2 Å². The second-order valence-electron chi connectivity index (χ2n) is 5.37. The quantitative estimate of drug-likeness (QED) is 0.875. The molecule has 0 aromatic heterocycles. The lowest BCUT2D eigenvalue weighted by Gasteiger charge is -2.19. The average Bonchev–Trinajstić information content (AvgIpc) is 2.89. The van der Waals surface area contributed by atoms with E-state index in [0.717, 1.165) is 0 Å². The third-order valence-corrected chi connectivity index (χ3v) is 6.11. The topological polar surface area (TPSA) is 66.5 Å². The zero-order valence-corrected chi connectivity index (χ0v) is 14.8. The molecule has 0 spiro atoms. The minimum atomic E-state index is -3.34. The molecule has 0 saturated carbocycles. The number of sulfonamides is 1. The van der Waals surface area contributed by atoms with Gasteiger partial charge in [0.05, 0.1) is 16.5 Å². The predicted octanol–water partition coefficient (Wildman–Crippen LogP) is 3.79. The summed E-state index contributed by atoms with van der Waals surface area (Å²) in [6, 6.07) is 11.2. The van der Waals surface area contributed by atoms with Gasteiger partial charge in [-0.15, -0.1) is 0 Å². The van der Waals surface area contributed by atoms with Gasteiger partial charge in [0.15, 0.2) is 0 Å². The van der Waals surface area contributed by atoms with Crippen LogP contribution in [-0.4, -0.2) is 26.6 Å². The van der Waals surface area contributed by atoms with E-state index in [1.165, 1.54) is 4.31 Å². The van der Waals surface area contributed by atoms with Gasteiger partial charge in [0.25, 0.3) is 5.91 Å². The van der Waals surface area contributed by atoms with Crippen molar-refractivity contribution in [2.24, 2.45) is 0 Å². The highest BCUT2D eigenvalue weighted by atomic mass is 35.5. The van der Waals surface area contributed by atoms with Crippen molar-refractivity contribution in [3.8, 4) is 0 Å². The highest BCUT2D eigenvalue weighted by Crippen LogP contribution is 2.33. The lowest BCUT2D eigenvalue weighted by molar-refractivity contribution is 0.102. The first-order chi connectivity index (χ1) is 11.4. The van der Waals surface area contributed by atoms with Crippen molar-refractivity contribution in [2.45, 2.75) is 6.42 Å². The first-order valence-electron chi connectivity index (χ1n) is 7.24. The van der Waals surface area contributed by atoms with E-state index in [0.29, 0.717) is 39.9 Å². The fourth-order valence-electron chi connectivity index (χ4n) is 2.50. The number of carbonyl (C=O) groups excluding carboxylic acids is 1. The molecule has 3 rings (SSSR count). The van der Waals surface area contributed by atoms with Crippen molar-refractivity contribution in [3.05, 3.63) is 58.1 Å². The molecule has 1 amide bonds. The summed E-state index contributed by atoms with van der Waals surface area (Å²) in [7, 11) is -3.34. The van der Waals surface area contributed by atoms with Gasteiger partial charge in [-0.25, -0.2) is 8.42 Å². The van der Waals surface area contributed by atoms with Gasteiger partial charge in [0, 0.05) is 22.8 Å². The van der Waals surface area contributed by atoms with Crippen LogP contribution in [0.2, 0.25) is 10.0 Å². The second kappa shape index (κ2) is 6.63. The summed E-state index contributed by atoms with van der Waals surface area (Å²) in [6.07, 6.45) is 0.556. The normalized spacial score (nSPS) is 16.2. The van der Waals surface area contributed by atoms with E-state index >= 15 is 0 Å². The summed E-state index contributed by atoms with van der Waals surface area (Å²) < 4.78 is 25.4. The molecule has 24 heavy (non-hydrogen) atoms. The molecule has 1 aliphatic heterocycles. The van der Waals surface area contributed by atoms with Gasteiger partial charge in [0.2, 0.25) is 10.0 Å². The molecule has 1 saturated heterocycles. The SMILES string of the molecule is O=C(Nc1ccc(Cl)c(N2CCCS2(=O)=O)c1)c1ccc(Cl)cc1.